The first-order valence-electron chi connectivity index (χ1n) is 5.09. The van der Waals surface area contributed by atoms with E-state index < -0.39 is 6.10 Å². The maximum absolute atomic E-state index is 9.67. The number of aliphatic imine (C=N–C) groups is 1. The zero-order chi connectivity index (χ0) is 12.1. The van der Waals surface area contributed by atoms with Crippen LogP contribution in [0.3, 0.4) is 0 Å². The lowest BCUT2D eigenvalue weighted by atomic mass is 9.90. The Morgan fingerprint density at radius 1 is 1.56 bits per heavy atom. The summed E-state index contributed by atoms with van der Waals surface area (Å²) in [6, 6.07) is 0. The summed E-state index contributed by atoms with van der Waals surface area (Å²) < 4.78 is 10.4. The average Bonchev–Trinajstić information content (AvgIpc) is 2.28. The largest absolute Gasteiger partial charge is 0.497 e. The smallest absolute Gasteiger partial charge is 0.158 e. The predicted molar refractivity (Wildman–Crippen MR) is 61.6 cm³/mol. The predicted octanol–water partition coefficient (Wildman–Crippen LogP) is 0.762. The highest BCUT2D eigenvalue weighted by Crippen LogP contribution is 2.32. The van der Waals surface area contributed by atoms with Gasteiger partial charge in [0.15, 0.2) is 5.76 Å². The lowest BCUT2D eigenvalue weighted by Crippen LogP contribution is -2.23. The molecule has 0 aliphatic heterocycles. The van der Waals surface area contributed by atoms with E-state index in [4.69, 9.17) is 15.2 Å². The van der Waals surface area contributed by atoms with Gasteiger partial charge in [-0.2, -0.15) is 0 Å². The normalized spacial score (nSPS) is 23.2. The van der Waals surface area contributed by atoms with Crippen molar-refractivity contribution in [1.29, 1.82) is 0 Å². The van der Waals surface area contributed by atoms with E-state index in [1.54, 1.807) is 27.2 Å². The summed E-state index contributed by atoms with van der Waals surface area (Å²) >= 11 is 0. The van der Waals surface area contributed by atoms with Gasteiger partial charge in [-0.05, 0) is 6.92 Å². The zero-order valence-corrected chi connectivity index (χ0v) is 9.80. The number of ether oxygens (including phenoxy) is 2. The van der Waals surface area contributed by atoms with Crippen LogP contribution in [0.2, 0.25) is 0 Å². The monoisotopic (exact) mass is 226 g/mol. The molecule has 0 heterocycles. The van der Waals surface area contributed by atoms with Crippen molar-refractivity contribution in [2.75, 3.05) is 14.2 Å². The molecular formula is C11H18N2O3. The molecule has 0 saturated heterocycles. The van der Waals surface area contributed by atoms with Gasteiger partial charge in [-0.1, -0.05) is 0 Å². The molecular weight excluding hydrogens is 208 g/mol. The maximum Gasteiger partial charge on any atom is 0.158 e. The number of hydrogen-bond donors (Lipinski definition) is 2. The van der Waals surface area contributed by atoms with E-state index >= 15 is 0 Å². The summed E-state index contributed by atoms with van der Waals surface area (Å²) in [5.74, 6) is 1.22. The van der Waals surface area contributed by atoms with Crippen LogP contribution in [0.15, 0.2) is 28.3 Å². The van der Waals surface area contributed by atoms with Crippen molar-refractivity contribution in [2.45, 2.75) is 19.4 Å². The molecule has 16 heavy (non-hydrogen) atoms. The topological polar surface area (TPSA) is 77.1 Å². The van der Waals surface area contributed by atoms with Crippen LogP contribution in [-0.4, -0.2) is 31.8 Å². The van der Waals surface area contributed by atoms with E-state index in [0.29, 0.717) is 23.6 Å². The molecule has 0 aromatic rings. The summed E-state index contributed by atoms with van der Waals surface area (Å²) in [5, 5.41) is 9.67. The van der Waals surface area contributed by atoms with E-state index in [0.717, 1.165) is 0 Å². The second-order valence-electron chi connectivity index (χ2n) is 3.59. The van der Waals surface area contributed by atoms with Crippen molar-refractivity contribution in [3.05, 3.63) is 23.3 Å². The molecule has 0 amide bonds. The Hall–Kier alpha value is -1.49. The molecule has 1 rings (SSSR count). The van der Waals surface area contributed by atoms with Crippen LogP contribution in [-0.2, 0) is 9.47 Å². The molecule has 90 valence electrons. The van der Waals surface area contributed by atoms with Gasteiger partial charge in [0.25, 0.3) is 0 Å². The molecule has 3 N–H and O–H groups in total. The second kappa shape index (κ2) is 5.55. The van der Waals surface area contributed by atoms with E-state index in [-0.39, 0.29) is 5.92 Å². The number of methoxy groups -OCH3 is 2. The summed E-state index contributed by atoms with van der Waals surface area (Å²) in [7, 11) is 3.15. The Morgan fingerprint density at radius 3 is 2.69 bits per heavy atom. The van der Waals surface area contributed by atoms with Gasteiger partial charge >= 0.3 is 0 Å². The number of nitrogens with two attached hydrogens (primary N) is 1. The third-order valence-corrected chi connectivity index (χ3v) is 2.61. The van der Waals surface area contributed by atoms with Crippen LogP contribution >= 0.6 is 0 Å². The standard InChI is InChI=1S/C11H18N2O3/c1-7(14)8-4-10(15-2)11(16-3)5-9(8)13-6-12/h5-8,14H,4H2,1-3H3,(H2,12,13). The summed E-state index contributed by atoms with van der Waals surface area (Å²) in [5.41, 5.74) is 5.98. The molecule has 1 aliphatic rings. The number of allylic oxidation sites excluding steroid dienone is 2. The molecule has 0 fully saturated rings. The molecule has 2 unspecified atom stereocenters. The first-order chi connectivity index (χ1) is 7.63. The Morgan fingerprint density at radius 2 is 2.25 bits per heavy atom. The maximum atomic E-state index is 9.67. The van der Waals surface area contributed by atoms with Gasteiger partial charge in [0.2, 0.25) is 0 Å². The number of nitrogens with zero attached hydrogens (tertiary/aromatic N) is 1. The van der Waals surface area contributed by atoms with Crippen molar-refractivity contribution in [3.8, 4) is 0 Å². The molecule has 5 nitrogen and oxygen atoms in total. The summed E-state index contributed by atoms with van der Waals surface area (Å²) in [6.45, 7) is 1.72. The molecule has 1 aliphatic carbocycles. The minimum absolute atomic E-state index is 0.117. The SMILES string of the molecule is COC1=C(OC)CC(C(C)O)C(N=CN)=C1. The minimum Gasteiger partial charge on any atom is -0.497 e. The highest BCUT2D eigenvalue weighted by molar-refractivity contribution is 5.54. The van der Waals surface area contributed by atoms with Crippen LogP contribution in [0, 0.1) is 5.92 Å². The molecule has 0 saturated carbocycles. The van der Waals surface area contributed by atoms with Gasteiger partial charge in [0.05, 0.1) is 32.4 Å². The number of aliphatic hydroxyl groups is 1. The quantitative estimate of drug-likeness (QED) is 0.548. The van der Waals surface area contributed by atoms with Crippen molar-refractivity contribution in [1.82, 2.24) is 0 Å². The van der Waals surface area contributed by atoms with Gasteiger partial charge in [-0.15, -0.1) is 0 Å². The molecule has 0 aromatic carbocycles. The third kappa shape index (κ3) is 2.55. The lowest BCUT2D eigenvalue weighted by Gasteiger charge is -2.26. The van der Waals surface area contributed by atoms with Gasteiger partial charge in [0.1, 0.15) is 5.76 Å². The second-order valence-corrected chi connectivity index (χ2v) is 3.59. The highest BCUT2D eigenvalue weighted by atomic mass is 16.5. The Bertz CT molecular complexity index is 332. The van der Waals surface area contributed by atoms with Gasteiger partial charge in [-0.3, -0.25) is 0 Å². The van der Waals surface area contributed by atoms with Crippen LogP contribution in [0.4, 0.5) is 0 Å². The lowest BCUT2D eigenvalue weighted by molar-refractivity contribution is 0.121. The average molecular weight is 226 g/mol. The molecule has 0 aromatic heterocycles. The number of hydrogen-bond acceptors (Lipinski definition) is 4. The molecule has 0 spiro atoms. The van der Waals surface area contributed by atoms with Crippen LogP contribution in [0.5, 0.6) is 0 Å². The van der Waals surface area contributed by atoms with E-state index in [9.17, 15) is 5.11 Å². The summed E-state index contributed by atoms with van der Waals surface area (Å²) in [4.78, 5) is 4.04. The van der Waals surface area contributed by atoms with Gasteiger partial charge < -0.3 is 20.3 Å². The van der Waals surface area contributed by atoms with E-state index in [1.165, 1.54) is 6.34 Å². The highest BCUT2D eigenvalue weighted by Gasteiger charge is 2.28. The zero-order valence-electron chi connectivity index (χ0n) is 9.80. The Balaban J connectivity index is 3.06. The molecule has 2 atom stereocenters. The Labute approximate surface area is 95.3 Å². The van der Waals surface area contributed by atoms with Crippen molar-refractivity contribution in [3.63, 3.8) is 0 Å². The van der Waals surface area contributed by atoms with Crippen molar-refractivity contribution in [2.24, 2.45) is 16.6 Å². The fourth-order valence-electron chi connectivity index (χ4n) is 1.72. The minimum atomic E-state index is -0.515. The van der Waals surface area contributed by atoms with Crippen LogP contribution in [0.25, 0.3) is 0 Å². The van der Waals surface area contributed by atoms with Crippen molar-refractivity contribution < 1.29 is 14.6 Å². The summed E-state index contributed by atoms with van der Waals surface area (Å²) in [6.07, 6.45) is 2.99. The first kappa shape index (κ1) is 12.6. The fourth-order valence-corrected chi connectivity index (χ4v) is 1.72. The molecule has 5 heteroatoms. The van der Waals surface area contributed by atoms with Crippen molar-refractivity contribution >= 4 is 6.34 Å². The first-order valence-corrected chi connectivity index (χ1v) is 5.09. The fraction of sp³-hybridized carbons (Fsp3) is 0.545. The molecule has 0 radical (unpaired) electrons. The third-order valence-electron chi connectivity index (χ3n) is 2.61. The van der Waals surface area contributed by atoms with E-state index in [2.05, 4.69) is 4.99 Å². The van der Waals surface area contributed by atoms with Gasteiger partial charge in [-0.25, -0.2) is 4.99 Å². The van der Waals surface area contributed by atoms with E-state index in [1.807, 2.05) is 0 Å². The van der Waals surface area contributed by atoms with Crippen LogP contribution in [0.1, 0.15) is 13.3 Å². The molecule has 0 bridgehead atoms. The van der Waals surface area contributed by atoms with Crippen LogP contribution < -0.4 is 5.73 Å². The van der Waals surface area contributed by atoms with Gasteiger partial charge in [0, 0.05) is 18.4 Å². The number of rotatable bonds is 4. The Kier molecular flexibility index (Phi) is 4.37. The number of aliphatic hydroxyl groups excluding tert-OH is 1.